The van der Waals surface area contributed by atoms with Crippen LogP contribution >= 0.6 is 15.9 Å². The Morgan fingerprint density at radius 3 is 3.00 bits per heavy atom. The molecular weight excluding hydrogens is 275 g/mol. The van der Waals surface area contributed by atoms with Gasteiger partial charge in [-0.3, -0.25) is 5.32 Å². The van der Waals surface area contributed by atoms with Gasteiger partial charge in [0.1, 0.15) is 11.9 Å². The van der Waals surface area contributed by atoms with Gasteiger partial charge in [0, 0.05) is 23.7 Å². The molecule has 1 N–H and O–H groups in total. The van der Waals surface area contributed by atoms with Crippen molar-refractivity contribution in [3.05, 3.63) is 34.1 Å². The van der Waals surface area contributed by atoms with Gasteiger partial charge in [0.05, 0.1) is 12.7 Å². The van der Waals surface area contributed by atoms with Gasteiger partial charge in [-0.1, -0.05) is 15.9 Å². The van der Waals surface area contributed by atoms with Crippen LogP contribution in [0.4, 0.5) is 4.39 Å². The van der Waals surface area contributed by atoms with Crippen LogP contribution < -0.4 is 5.32 Å². The zero-order chi connectivity index (χ0) is 12.0. The van der Waals surface area contributed by atoms with Crippen molar-refractivity contribution in [1.82, 2.24) is 5.32 Å². The normalized spacial score (nSPS) is 12.1. The number of ether oxygens (including phenoxy) is 1. The van der Waals surface area contributed by atoms with Gasteiger partial charge in [0.25, 0.3) is 0 Å². The van der Waals surface area contributed by atoms with Crippen LogP contribution in [0.3, 0.4) is 0 Å². The number of rotatable bonds is 5. The van der Waals surface area contributed by atoms with Crippen LogP contribution in [0.5, 0.6) is 0 Å². The smallest absolute Gasteiger partial charge is 0.129 e. The van der Waals surface area contributed by atoms with Gasteiger partial charge in [-0.25, -0.2) is 4.39 Å². The molecule has 0 aromatic heterocycles. The third-order valence-corrected chi connectivity index (χ3v) is 2.55. The van der Waals surface area contributed by atoms with Gasteiger partial charge in [-0.05, 0) is 18.2 Å². The third-order valence-electron chi connectivity index (χ3n) is 2.05. The second kappa shape index (κ2) is 6.59. The lowest BCUT2D eigenvalue weighted by atomic mass is 10.1. The Hall–Kier alpha value is -0.960. The molecule has 1 atom stereocenters. The summed E-state index contributed by atoms with van der Waals surface area (Å²) in [6.07, 6.45) is 0. The van der Waals surface area contributed by atoms with Crippen LogP contribution in [0.25, 0.3) is 0 Å². The summed E-state index contributed by atoms with van der Waals surface area (Å²) in [6.45, 7) is 0.981. The fourth-order valence-corrected chi connectivity index (χ4v) is 1.65. The highest BCUT2D eigenvalue weighted by atomic mass is 79.9. The lowest BCUT2D eigenvalue weighted by Crippen LogP contribution is -2.24. The topological polar surface area (TPSA) is 45.0 Å². The lowest BCUT2D eigenvalue weighted by Gasteiger charge is -2.12. The van der Waals surface area contributed by atoms with Crippen LogP contribution in [0.1, 0.15) is 11.6 Å². The predicted octanol–water partition coefficient (Wildman–Crippen LogP) is 2.39. The average molecular weight is 287 g/mol. The molecule has 0 aliphatic carbocycles. The van der Waals surface area contributed by atoms with E-state index in [-0.39, 0.29) is 5.82 Å². The van der Waals surface area contributed by atoms with Crippen molar-refractivity contribution in [2.45, 2.75) is 6.04 Å². The largest absolute Gasteiger partial charge is 0.383 e. The van der Waals surface area contributed by atoms with Gasteiger partial charge in [0.2, 0.25) is 0 Å². The van der Waals surface area contributed by atoms with E-state index in [9.17, 15) is 4.39 Å². The van der Waals surface area contributed by atoms with E-state index >= 15 is 0 Å². The first-order valence-electron chi connectivity index (χ1n) is 4.76. The van der Waals surface area contributed by atoms with Crippen molar-refractivity contribution in [2.75, 3.05) is 20.3 Å². The summed E-state index contributed by atoms with van der Waals surface area (Å²) >= 11 is 3.25. The summed E-state index contributed by atoms with van der Waals surface area (Å²) in [5.74, 6) is -0.389. The van der Waals surface area contributed by atoms with Gasteiger partial charge >= 0.3 is 0 Å². The minimum atomic E-state index is -0.660. The Morgan fingerprint density at radius 2 is 2.38 bits per heavy atom. The summed E-state index contributed by atoms with van der Waals surface area (Å²) < 4.78 is 19.1. The molecule has 1 unspecified atom stereocenters. The van der Waals surface area contributed by atoms with Crippen LogP contribution in [-0.4, -0.2) is 20.3 Å². The van der Waals surface area contributed by atoms with E-state index in [1.54, 1.807) is 19.2 Å². The maximum absolute atomic E-state index is 13.5. The van der Waals surface area contributed by atoms with Crippen LogP contribution in [-0.2, 0) is 4.74 Å². The summed E-state index contributed by atoms with van der Waals surface area (Å²) in [5, 5.41) is 11.9. The van der Waals surface area contributed by atoms with E-state index in [2.05, 4.69) is 21.2 Å². The number of nitrogens with one attached hydrogen (secondary N) is 1. The highest BCUT2D eigenvalue weighted by molar-refractivity contribution is 9.10. The minimum absolute atomic E-state index is 0.341. The van der Waals surface area contributed by atoms with Gasteiger partial charge in [-0.2, -0.15) is 5.26 Å². The summed E-state index contributed by atoms with van der Waals surface area (Å²) in [7, 11) is 1.57. The third kappa shape index (κ3) is 3.56. The molecule has 0 saturated carbocycles. The molecule has 0 bridgehead atoms. The summed E-state index contributed by atoms with van der Waals surface area (Å²) in [6, 6.07) is 5.89. The molecular formula is C11H12BrFN2O. The van der Waals surface area contributed by atoms with E-state index in [1.807, 2.05) is 6.07 Å². The highest BCUT2D eigenvalue weighted by Gasteiger charge is 2.14. The fraction of sp³-hybridized carbons (Fsp3) is 0.364. The van der Waals surface area contributed by atoms with Gasteiger partial charge in [-0.15, -0.1) is 0 Å². The average Bonchev–Trinajstić information content (AvgIpc) is 2.28. The van der Waals surface area contributed by atoms with E-state index in [0.29, 0.717) is 18.7 Å². The molecule has 0 fully saturated rings. The SMILES string of the molecule is COCCNC(C#N)c1cc(Br)ccc1F. The highest BCUT2D eigenvalue weighted by Crippen LogP contribution is 2.21. The first-order chi connectivity index (χ1) is 7.69. The van der Waals surface area contributed by atoms with Crippen molar-refractivity contribution in [2.24, 2.45) is 0 Å². The van der Waals surface area contributed by atoms with Crippen molar-refractivity contribution >= 4 is 15.9 Å². The molecule has 0 spiro atoms. The first-order valence-corrected chi connectivity index (χ1v) is 5.55. The number of nitriles is 1. The minimum Gasteiger partial charge on any atom is -0.383 e. The molecule has 0 saturated heterocycles. The van der Waals surface area contributed by atoms with Crippen molar-refractivity contribution in [3.8, 4) is 6.07 Å². The molecule has 86 valence electrons. The van der Waals surface area contributed by atoms with Crippen LogP contribution in [0.2, 0.25) is 0 Å². The van der Waals surface area contributed by atoms with E-state index in [1.165, 1.54) is 6.07 Å². The zero-order valence-electron chi connectivity index (χ0n) is 8.84. The number of benzene rings is 1. The van der Waals surface area contributed by atoms with Gasteiger partial charge in [0.15, 0.2) is 0 Å². The number of halogens is 2. The Morgan fingerprint density at radius 1 is 1.62 bits per heavy atom. The number of nitrogens with zero attached hydrogens (tertiary/aromatic N) is 1. The zero-order valence-corrected chi connectivity index (χ0v) is 10.4. The maximum Gasteiger partial charge on any atom is 0.129 e. The predicted molar refractivity (Wildman–Crippen MR) is 62.3 cm³/mol. The van der Waals surface area contributed by atoms with E-state index in [0.717, 1.165) is 4.47 Å². The number of hydrogen-bond acceptors (Lipinski definition) is 3. The number of methoxy groups -OCH3 is 1. The lowest BCUT2D eigenvalue weighted by molar-refractivity contribution is 0.197. The second-order valence-electron chi connectivity index (χ2n) is 3.17. The maximum atomic E-state index is 13.5. The molecule has 16 heavy (non-hydrogen) atoms. The van der Waals surface area contributed by atoms with Crippen molar-refractivity contribution in [1.29, 1.82) is 5.26 Å². The molecule has 1 rings (SSSR count). The molecule has 5 heteroatoms. The Labute approximate surface area is 102 Å². The molecule has 1 aromatic rings. The standard InChI is InChI=1S/C11H12BrFN2O/c1-16-5-4-15-11(7-14)9-6-8(12)2-3-10(9)13/h2-3,6,11,15H,4-5H2,1H3. The number of hydrogen-bond donors (Lipinski definition) is 1. The van der Waals surface area contributed by atoms with E-state index in [4.69, 9.17) is 10.00 Å². The molecule has 0 heterocycles. The fourth-order valence-electron chi connectivity index (χ4n) is 1.27. The first kappa shape index (κ1) is 13.1. The van der Waals surface area contributed by atoms with Crippen LogP contribution in [0, 0.1) is 17.1 Å². The molecule has 1 aromatic carbocycles. The van der Waals surface area contributed by atoms with Gasteiger partial charge < -0.3 is 4.74 Å². The molecule has 0 aliphatic heterocycles. The molecule has 0 amide bonds. The summed E-state index contributed by atoms with van der Waals surface area (Å²) in [5.41, 5.74) is 0.341. The van der Waals surface area contributed by atoms with Crippen LogP contribution in [0.15, 0.2) is 22.7 Å². The van der Waals surface area contributed by atoms with Crippen molar-refractivity contribution in [3.63, 3.8) is 0 Å². The quantitative estimate of drug-likeness (QED) is 0.846. The van der Waals surface area contributed by atoms with E-state index < -0.39 is 6.04 Å². The monoisotopic (exact) mass is 286 g/mol. The summed E-state index contributed by atoms with van der Waals surface area (Å²) in [4.78, 5) is 0. The van der Waals surface area contributed by atoms with Crippen molar-refractivity contribution < 1.29 is 9.13 Å². The Kier molecular flexibility index (Phi) is 5.39. The Bertz CT molecular complexity index is 392. The molecule has 0 radical (unpaired) electrons. The second-order valence-corrected chi connectivity index (χ2v) is 4.09. The molecule has 0 aliphatic rings. The molecule has 3 nitrogen and oxygen atoms in total. The Balaban J connectivity index is 2.79.